The Balaban J connectivity index is 1.16. The van der Waals surface area contributed by atoms with E-state index in [1.54, 1.807) is 4.90 Å². The van der Waals surface area contributed by atoms with E-state index in [1.807, 2.05) is 55.5 Å². The molecule has 1 aromatic heterocycles. The van der Waals surface area contributed by atoms with Crippen molar-refractivity contribution in [3.05, 3.63) is 94.2 Å². The molecule has 14 heteroatoms. The number of nitrogens with zero attached hydrogens (tertiary/aromatic N) is 5. The number of hydrogen-bond donors (Lipinski definition) is 1. The summed E-state index contributed by atoms with van der Waals surface area (Å²) in [4.78, 5) is 35.5. The maximum Gasteiger partial charge on any atom is 0.573 e. The van der Waals surface area contributed by atoms with Gasteiger partial charge in [0.05, 0.1) is 17.1 Å². The van der Waals surface area contributed by atoms with Crippen LogP contribution in [0, 0.1) is 6.92 Å². The molecule has 1 N–H and O–H groups in total. The number of halogens is 4. The van der Waals surface area contributed by atoms with E-state index in [1.165, 1.54) is 47.0 Å². The van der Waals surface area contributed by atoms with Crippen molar-refractivity contribution in [2.24, 2.45) is 4.99 Å². The topological polar surface area (TPSA) is 102 Å². The summed E-state index contributed by atoms with van der Waals surface area (Å²) in [6, 6.07) is 18.3. The molecule has 0 spiro atoms. The number of urea groups is 1. The maximum absolute atomic E-state index is 12.8. The summed E-state index contributed by atoms with van der Waals surface area (Å²) in [6.07, 6.45) is -0.838. The number of anilines is 1. The van der Waals surface area contributed by atoms with Gasteiger partial charge < -0.3 is 10.1 Å². The normalized spacial score (nSPS) is 14.7. The van der Waals surface area contributed by atoms with Crippen molar-refractivity contribution in [1.82, 2.24) is 20.1 Å². The van der Waals surface area contributed by atoms with Crippen LogP contribution in [0.2, 0.25) is 0 Å². The van der Waals surface area contributed by atoms with Crippen LogP contribution in [0.25, 0.3) is 23.2 Å². The Morgan fingerprint density at radius 3 is 2.53 bits per heavy atom. The quantitative estimate of drug-likeness (QED) is 0.187. The number of carbonyl (C=O) groups excluding carboxylic acids is 2. The van der Waals surface area contributed by atoms with Gasteiger partial charge in [0.15, 0.2) is 11.0 Å². The molecule has 0 atom stereocenters. The first-order chi connectivity index (χ1) is 22.4. The standard InChI is InChI=1S/C33H30BrF3N6O3S/c1-20(2)27-13-4-21(3)16-28(27)43-29(44)18-47-32(43)40-31(45)38-15-14-24(34)17-22-5-7-23(8-6-22)30-39-19-42(41-30)25-9-11-26(12-10-25)46-33(35,36)37/h4-13,16-17,19-20H,14-15,18H2,1-3H3,(H,38,45)/b24-17+,40-32-. The van der Waals surface area contributed by atoms with Gasteiger partial charge in [-0.3, -0.25) is 9.69 Å². The molecule has 0 aliphatic carbocycles. The minimum atomic E-state index is -4.76. The number of thioether (sulfide) groups is 1. The van der Waals surface area contributed by atoms with Crippen LogP contribution < -0.4 is 15.0 Å². The molecule has 1 fully saturated rings. The lowest BCUT2D eigenvalue weighted by atomic mass is 9.99. The molecule has 4 aromatic rings. The number of ether oxygens (including phenoxy) is 1. The molecular formula is C33H30BrF3N6O3S. The monoisotopic (exact) mass is 726 g/mol. The third-order valence-electron chi connectivity index (χ3n) is 6.97. The van der Waals surface area contributed by atoms with E-state index in [-0.39, 0.29) is 23.3 Å². The molecule has 2 heterocycles. The van der Waals surface area contributed by atoms with E-state index >= 15 is 0 Å². The molecule has 5 rings (SSSR count). The lowest BCUT2D eigenvalue weighted by Crippen LogP contribution is -2.32. The average molecular weight is 728 g/mol. The van der Waals surface area contributed by atoms with Crippen LogP contribution in [0.15, 0.2) is 82.5 Å². The van der Waals surface area contributed by atoms with Gasteiger partial charge in [-0.25, -0.2) is 14.5 Å². The van der Waals surface area contributed by atoms with Crippen molar-refractivity contribution < 1.29 is 27.5 Å². The Morgan fingerprint density at radius 2 is 1.85 bits per heavy atom. The van der Waals surface area contributed by atoms with Crippen molar-refractivity contribution in [3.63, 3.8) is 0 Å². The molecule has 0 saturated carbocycles. The molecule has 3 aromatic carbocycles. The van der Waals surface area contributed by atoms with Crippen LogP contribution in [0.3, 0.4) is 0 Å². The summed E-state index contributed by atoms with van der Waals surface area (Å²) in [5, 5.41) is 7.58. The second-order valence-corrected chi connectivity index (χ2v) is 12.8. The zero-order chi connectivity index (χ0) is 33.7. The number of carbonyl (C=O) groups is 2. The van der Waals surface area contributed by atoms with E-state index in [9.17, 15) is 22.8 Å². The first-order valence-corrected chi connectivity index (χ1v) is 16.3. The predicted octanol–water partition coefficient (Wildman–Crippen LogP) is 8.24. The Morgan fingerprint density at radius 1 is 1.13 bits per heavy atom. The number of amidine groups is 1. The van der Waals surface area contributed by atoms with Crippen LogP contribution in [0.4, 0.5) is 23.7 Å². The summed E-state index contributed by atoms with van der Waals surface area (Å²) in [7, 11) is 0. The number of nitrogens with one attached hydrogen (secondary N) is 1. The van der Waals surface area contributed by atoms with Crippen LogP contribution in [-0.4, -0.2) is 50.5 Å². The summed E-state index contributed by atoms with van der Waals surface area (Å²) in [5.41, 5.74) is 4.98. The first-order valence-electron chi connectivity index (χ1n) is 14.5. The highest BCUT2D eigenvalue weighted by Gasteiger charge is 2.33. The molecular weight excluding hydrogens is 697 g/mol. The highest BCUT2D eigenvalue weighted by atomic mass is 79.9. The Labute approximate surface area is 282 Å². The van der Waals surface area contributed by atoms with Crippen molar-refractivity contribution in [2.45, 2.75) is 39.5 Å². The fourth-order valence-electron chi connectivity index (χ4n) is 4.73. The van der Waals surface area contributed by atoms with E-state index in [4.69, 9.17) is 0 Å². The highest BCUT2D eigenvalue weighted by Crippen LogP contribution is 2.34. The SMILES string of the molecule is Cc1ccc(C(C)C)c(N2C(=O)CS/C2=N\C(=O)NCC/C(Br)=C\c2ccc(-c3ncn(-c4ccc(OC(F)(F)F)cc4)n3)cc2)c1. The molecule has 0 bridgehead atoms. The average Bonchev–Trinajstić information content (AvgIpc) is 3.64. The van der Waals surface area contributed by atoms with Crippen LogP contribution in [-0.2, 0) is 4.79 Å². The minimum Gasteiger partial charge on any atom is -0.406 e. The fourth-order valence-corrected chi connectivity index (χ4v) is 6.06. The number of amides is 3. The summed E-state index contributed by atoms with van der Waals surface area (Å²) < 4.78 is 43.5. The van der Waals surface area contributed by atoms with Crippen molar-refractivity contribution in [1.29, 1.82) is 0 Å². The Bertz CT molecular complexity index is 1820. The second kappa shape index (κ2) is 14.6. The number of hydrogen-bond acceptors (Lipinski definition) is 6. The van der Waals surface area contributed by atoms with E-state index in [0.29, 0.717) is 29.6 Å². The number of aryl methyl sites for hydroxylation is 1. The maximum atomic E-state index is 12.8. The molecule has 0 radical (unpaired) electrons. The smallest absolute Gasteiger partial charge is 0.406 e. The van der Waals surface area contributed by atoms with E-state index in [0.717, 1.165) is 32.4 Å². The predicted molar refractivity (Wildman–Crippen MR) is 181 cm³/mol. The second-order valence-electron chi connectivity index (χ2n) is 10.9. The van der Waals surface area contributed by atoms with Gasteiger partial charge in [-0.15, -0.1) is 18.3 Å². The minimum absolute atomic E-state index is 0.108. The van der Waals surface area contributed by atoms with Gasteiger partial charge in [-0.2, -0.15) is 4.99 Å². The third-order valence-corrected chi connectivity index (χ3v) is 8.52. The molecule has 0 unspecified atom stereocenters. The molecule has 244 valence electrons. The van der Waals surface area contributed by atoms with Gasteiger partial charge in [-0.1, -0.05) is 77.9 Å². The lowest BCUT2D eigenvalue weighted by Gasteiger charge is -2.22. The molecule has 1 saturated heterocycles. The van der Waals surface area contributed by atoms with Crippen molar-refractivity contribution in [3.8, 4) is 22.8 Å². The Hall–Kier alpha value is -4.43. The number of aliphatic imine (C=N–C) groups is 1. The lowest BCUT2D eigenvalue weighted by molar-refractivity contribution is -0.274. The Kier molecular flexibility index (Phi) is 10.5. The van der Waals surface area contributed by atoms with Crippen molar-refractivity contribution >= 4 is 56.6 Å². The number of benzene rings is 3. The van der Waals surface area contributed by atoms with Gasteiger partial charge in [-0.05, 0) is 76.8 Å². The molecule has 1 aliphatic rings. The van der Waals surface area contributed by atoms with Crippen LogP contribution in [0.1, 0.15) is 42.9 Å². The zero-order valence-corrected chi connectivity index (χ0v) is 28.0. The van der Waals surface area contributed by atoms with Gasteiger partial charge in [0.2, 0.25) is 5.91 Å². The molecule has 1 aliphatic heterocycles. The summed E-state index contributed by atoms with van der Waals surface area (Å²) in [5.74, 6) is 0.435. The first kappa shape index (κ1) is 33.9. The van der Waals surface area contributed by atoms with Gasteiger partial charge >= 0.3 is 12.4 Å². The van der Waals surface area contributed by atoms with E-state index < -0.39 is 12.4 Å². The fraction of sp³-hybridized carbons (Fsp3) is 0.242. The highest BCUT2D eigenvalue weighted by molar-refractivity contribution is 9.11. The summed E-state index contributed by atoms with van der Waals surface area (Å²) >= 11 is 4.81. The molecule has 47 heavy (non-hydrogen) atoms. The number of aromatic nitrogens is 3. The van der Waals surface area contributed by atoms with Crippen LogP contribution in [0.5, 0.6) is 5.75 Å². The van der Waals surface area contributed by atoms with Crippen LogP contribution >= 0.6 is 27.7 Å². The van der Waals surface area contributed by atoms with Crippen molar-refractivity contribution in [2.75, 3.05) is 17.2 Å². The summed E-state index contributed by atoms with van der Waals surface area (Å²) in [6.45, 7) is 6.42. The number of alkyl halides is 3. The number of rotatable bonds is 9. The van der Waals surface area contributed by atoms with Gasteiger partial charge in [0, 0.05) is 12.1 Å². The molecule has 3 amide bonds. The van der Waals surface area contributed by atoms with Gasteiger partial charge in [0.1, 0.15) is 12.1 Å². The molecule has 9 nitrogen and oxygen atoms in total. The largest absolute Gasteiger partial charge is 0.573 e. The third kappa shape index (κ3) is 8.89. The zero-order valence-electron chi connectivity index (χ0n) is 25.6. The van der Waals surface area contributed by atoms with Gasteiger partial charge in [0.25, 0.3) is 0 Å². The van der Waals surface area contributed by atoms with E-state index in [2.05, 4.69) is 54.9 Å².